The molecule has 2 aromatic rings. The van der Waals surface area contributed by atoms with Crippen molar-refractivity contribution in [2.75, 3.05) is 35.9 Å². The van der Waals surface area contributed by atoms with E-state index in [9.17, 15) is 8.42 Å². The Labute approximate surface area is 181 Å². The Bertz CT molecular complexity index is 887. The second-order valence-electron chi connectivity index (χ2n) is 8.41. The predicted molar refractivity (Wildman–Crippen MR) is 124 cm³/mol. The second-order valence-corrected chi connectivity index (χ2v) is 10.3. The van der Waals surface area contributed by atoms with Crippen LogP contribution in [0, 0.1) is 11.8 Å². The van der Waals surface area contributed by atoms with Crippen molar-refractivity contribution < 1.29 is 13.2 Å². The number of aryl methyl sites for hydroxylation is 1. The average molecular weight is 431 g/mol. The number of benzene rings is 2. The lowest BCUT2D eigenvalue weighted by atomic mass is 10.0. The molecular weight excluding hydrogens is 396 g/mol. The molecule has 0 amide bonds. The molecule has 0 aromatic heterocycles. The Morgan fingerprint density at radius 2 is 1.67 bits per heavy atom. The van der Waals surface area contributed by atoms with Crippen LogP contribution >= 0.6 is 0 Å². The van der Waals surface area contributed by atoms with Crippen molar-refractivity contribution in [1.29, 1.82) is 0 Å². The van der Waals surface area contributed by atoms with Gasteiger partial charge in [0.15, 0.2) is 0 Å². The van der Waals surface area contributed by atoms with E-state index in [1.165, 1.54) is 9.87 Å². The quantitative estimate of drug-likeness (QED) is 0.612. The number of rotatable bonds is 9. The van der Waals surface area contributed by atoms with E-state index < -0.39 is 10.0 Å². The minimum absolute atomic E-state index is 0.214. The van der Waals surface area contributed by atoms with Crippen molar-refractivity contribution in [3.8, 4) is 0 Å². The van der Waals surface area contributed by atoms with Crippen molar-refractivity contribution in [3.63, 3.8) is 0 Å². The normalized spacial score (nSPS) is 15.3. The summed E-state index contributed by atoms with van der Waals surface area (Å²) in [6, 6.07) is 14.9. The maximum absolute atomic E-state index is 13.4. The van der Waals surface area contributed by atoms with Gasteiger partial charge in [-0.2, -0.15) is 0 Å². The largest absolute Gasteiger partial charge is 0.385 e. The van der Waals surface area contributed by atoms with Crippen molar-refractivity contribution in [1.82, 2.24) is 0 Å². The van der Waals surface area contributed by atoms with Crippen LogP contribution in [0.1, 0.15) is 39.2 Å². The molecule has 0 bridgehead atoms. The Hall–Kier alpha value is -2.05. The molecule has 0 unspecified atom stereocenters. The zero-order valence-electron chi connectivity index (χ0n) is 18.3. The van der Waals surface area contributed by atoms with Gasteiger partial charge in [0.1, 0.15) is 0 Å². The van der Waals surface area contributed by atoms with Crippen LogP contribution < -0.4 is 9.62 Å². The summed E-state index contributed by atoms with van der Waals surface area (Å²) < 4.78 is 33.8. The molecule has 1 saturated heterocycles. The van der Waals surface area contributed by atoms with Crippen molar-refractivity contribution >= 4 is 21.4 Å². The molecule has 5 nitrogen and oxygen atoms in total. The molecule has 1 fully saturated rings. The molecule has 164 valence electrons. The van der Waals surface area contributed by atoms with Gasteiger partial charge in [0.05, 0.1) is 10.6 Å². The Balaban J connectivity index is 1.76. The van der Waals surface area contributed by atoms with E-state index in [2.05, 4.69) is 12.2 Å². The summed E-state index contributed by atoms with van der Waals surface area (Å²) in [5.74, 6) is 0.820. The minimum atomic E-state index is -3.63. The highest BCUT2D eigenvalue weighted by Gasteiger charge is 2.25. The molecule has 1 heterocycles. The molecule has 30 heavy (non-hydrogen) atoms. The van der Waals surface area contributed by atoms with Gasteiger partial charge in [0.2, 0.25) is 0 Å². The van der Waals surface area contributed by atoms with Crippen molar-refractivity contribution in [2.24, 2.45) is 11.8 Å². The average Bonchev–Trinajstić information content (AvgIpc) is 2.77. The predicted octanol–water partition coefficient (Wildman–Crippen LogP) is 4.94. The molecule has 0 spiro atoms. The molecule has 1 aliphatic heterocycles. The van der Waals surface area contributed by atoms with Crippen LogP contribution in [-0.4, -0.2) is 34.7 Å². The molecule has 1 aliphatic rings. The lowest BCUT2D eigenvalue weighted by molar-refractivity contribution is 0.0699. The van der Waals surface area contributed by atoms with Gasteiger partial charge in [-0.25, -0.2) is 8.42 Å². The zero-order valence-corrected chi connectivity index (χ0v) is 19.1. The third kappa shape index (κ3) is 5.76. The molecule has 0 atom stereocenters. The number of nitrogens with zero attached hydrogens (tertiary/aromatic N) is 1. The van der Waals surface area contributed by atoms with Crippen LogP contribution in [0.25, 0.3) is 0 Å². The van der Waals surface area contributed by atoms with Gasteiger partial charge < -0.3 is 10.1 Å². The third-order valence-corrected chi connectivity index (χ3v) is 7.35. The van der Waals surface area contributed by atoms with Gasteiger partial charge in [0.25, 0.3) is 10.0 Å². The summed E-state index contributed by atoms with van der Waals surface area (Å²) in [6.07, 6.45) is 3.07. The Morgan fingerprint density at radius 1 is 1.03 bits per heavy atom. The van der Waals surface area contributed by atoms with Crippen LogP contribution in [-0.2, 0) is 21.2 Å². The molecule has 0 saturated carbocycles. The van der Waals surface area contributed by atoms with Gasteiger partial charge in [-0.05, 0) is 73.1 Å². The van der Waals surface area contributed by atoms with E-state index in [1.807, 2.05) is 50.2 Å². The zero-order chi connectivity index (χ0) is 21.6. The molecule has 1 N–H and O–H groups in total. The maximum atomic E-state index is 13.4. The first-order valence-corrected chi connectivity index (χ1v) is 12.4. The van der Waals surface area contributed by atoms with Gasteiger partial charge in [0, 0.05) is 32.0 Å². The number of ether oxygens (including phenoxy) is 1. The molecule has 2 aromatic carbocycles. The molecule has 6 heteroatoms. The minimum Gasteiger partial charge on any atom is -0.385 e. The van der Waals surface area contributed by atoms with Gasteiger partial charge in [-0.3, -0.25) is 4.31 Å². The lowest BCUT2D eigenvalue weighted by Crippen LogP contribution is -2.34. The Kier molecular flexibility index (Phi) is 7.78. The number of hydrogen-bond donors (Lipinski definition) is 1. The molecule has 3 rings (SSSR count). The highest BCUT2D eigenvalue weighted by molar-refractivity contribution is 7.92. The lowest BCUT2D eigenvalue weighted by Gasteiger charge is -2.26. The summed E-state index contributed by atoms with van der Waals surface area (Å²) in [5.41, 5.74) is 2.85. The van der Waals surface area contributed by atoms with E-state index >= 15 is 0 Å². The van der Waals surface area contributed by atoms with Crippen molar-refractivity contribution in [2.45, 2.75) is 44.9 Å². The van der Waals surface area contributed by atoms with E-state index in [4.69, 9.17) is 4.74 Å². The van der Waals surface area contributed by atoms with Crippen molar-refractivity contribution in [3.05, 3.63) is 54.1 Å². The fraction of sp³-hybridized carbons (Fsp3) is 0.500. The SMILES string of the molecule is CCc1ccc(N(CC(C)C)S(=O)(=O)c2ccc(NCC3CCOCC3)cc2)cc1. The summed E-state index contributed by atoms with van der Waals surface area (Å²) in [4.78, 5) is 0.319. The first kappa shape index (κ1) is 22.6. The van der Waals surface area contributed by atoms with Gasteiger partial charge >= 0.3 is 0 Å². The smallest absolute Gasteiger partial charge is 0.264 e. The van der Waals surface area contributed by atoms with E-state index in [-0.39, 0.29) is 5.92 Å². The monoisotopic (exact) mass is 430 g/mol. The number of hydrogen-bond acceptors (Lipinski definition) is 4. The van der Waals surface area contributed by atoms with Crippen LogP contribution in [0.5, 0.6) is 0 Å². The highest BCUT2D eigenvalue weighted by atomic mass is 32.2. The van der Waals surface area contributed by atoms with Crippen LogP contribution in [0.3, 0.4) is 0 Å². The standard InChI is InChI=1S/C24H34N2O3S/c1-4-20-5-9-23(10-6-20)26(18-19(2)3)30(27,28)24-11-7-22(8-12-24)25-17-21-13-15-29-16-14-21/h5-12,19,21,25H,4,13-18H2,1-3H3. The van der Waals surface area contributed by atoms with Crippen LogP contribution in [0.2, 0.25) is 0 Å². The van der Waals surface area contributed by atoms with Gasteiger partial charge in [-0.15, -0.1) is 0 Å². The Morgan fingerprint density at radius 3 is 2.23 bits per heavy atom. The van der Waals surface area contributed by atoms with Crippen LogP contribution in [0.15, 0.2) is 53.4 Å². The molecule has 0 aliphatic carbocycles. The van der Waals surface area contributed by atoms with Crippen LogP contribution in [0.4, 0.5) is 11.4 Å². The molecular formula is C24H34N2O3S. The fourth-order valence-electron chi connectivity index (χ4n) is 3.66. The highest BCUT2D eigenvalue weighted by Crippen LogP contribution is 2.26. The maximum Gasteiger partial charge on any atom is 0.264 e. The number of nitrogens with one attached hydrogen (secondary N) is 1. The summed E-state index contributed by atoms with van der Waals surface area (Å²) in [5, 5.41) is 3.43. The van der Waals surface area contributed by atoms with E-state index in [0.29, 0.717) is 23.0 Å². The number of sulfonamides is 1. The fourth-order valence-corrected chi connectivity index (χ4v) is 5.28. The molecule has 0 radical (unpaired) electrons. The van der Waals surface area contributed by atoms with Gasteiger partial charge in [-0.1, -0.05) is 32.9 Å². The third-order valence-electron chi connectivity index (χ3n) is 5.54. The summed E-state index contributed by atoms with van der Waals surface area (Å²) >= 11 is 0. The first-order chi connectivity index (χ1) is 14.4. The summed E-state index contributed by atoms with van der Waals surface area (Å²) in [6.45, 7) is 9.15. The summed E-state index contributed by atoms with van der Waals surface area (Å²) in [7, 11) is -3.63. The number of anilines is 2. The topological polar surface area (TPSA) is 58.6 Å². The second kappa shape index (κ2) is 10.3. The van der Waals surface area contributed by atoms with E-state index in [1.54, 1.807) is 12.1 Å². The van der Waals surface area contributed by atoms with E-state index in [0.717, 1.165) is 44.7 Å². The first-order valence-electron chi connectivity index (χ1n) is 10.9.